The summed E-state index contributed by atoms with van der Waals surface area (Å²) in [5.74, 6) is 0. The molecule has 2 rings (SSSR count). The molecule has 2 heterocycles. The summed E-state index contributed by atoms with van der Waals surface area (Å²) >= 11 is 3.47. The van der Waals surface area contributed by atoms with E-state index in [0.717, 1.165) is 29.7 Å². The van der Waals surface area contributed by atoms with Crippen molar-refractivity contribution in [3.05, 3.63) is 22.9 Å². The smallest absolute Gasteiger partial charge is 0.151 e. The first-order valence-corrected chi connectivity index (χ1v) is 5.59. The van der Waals surface area contributed by atoms with Crippen molar-refractivity contribution in [3.63, 3.8) is 0 Å². The van der Waals surface area contributed by atoms with Gasteiger partial charge in [0, 0.05) is 6.61 Å². The summed E-state index contributed by atoms with van der Waals surface area (Å²) in [5, 5.41) is 4.38. The topological polar surface area (TPSA) is 27.1 Å². The maximum Gasteiger partial charge on any atom is 0.151 e. The number of hydrogen-bond donors (Lipinski definition) is 0. The third-order valence-corrected chi connectivity index (χ3v) is 2.94. The Morgan fingerprint density at radius 2 is 2.50 bits per heavy atom. The van der Waals surface area contributed by atoms with Crippen molar-refractivity contribution >= 4 is 22.0 Å². The summed E-state index contributed by atoms with van der Waals surface area (Å²) in [4.78, 5) is 0. The Morgan fingerprint density at radius 1 is 1.64 bits per heavy atom. The molecule has 1 unspecified atom stereocenters. The zero-order valence-corrected chi connectivity index (χ0v) is 9.53. The Morgan fingerprint density at radius 3 is 3.07 bits per heavy atom. The van der Waals surface area contributed by atoms with E-state index in [0.29, 0.717) is 0 Å². The lowest BCUT2D eigenvalue weighted by Gasteiger charge is -2.23. The second-order valence-corrected chi connectivity index (χ2v) is 4.17. The van der Waals surface area contributed by atoms with Crippen LogP contribution in [-0.4, -0.2) is 16.4 Å². The lowest BCUT2D eigenvalue weighted by Crippen LogP contribution is -2.19. The van der Waals surface area contributed by atoms with Gasteiger partial charge < -0.3 is 4.74 Å². The molecule has 0 spiro atoms. The summed E-state index contributed by atoms with van der Waals surface area (Å²) in [6.07, 6.45) is 5.23. The van der Waals surface area contributed by atoms with E-state index in [1.54, 1.807) is 6.08 Å². The van der Waals surface area contributed by atoms with E-state index in [9.17, 15) is 0 Å². The van der Waals surface area contributed by atoms with Crippen molar-refractivity contribution in [1.29, 1.82) is 0 Å². The third kappa shape index (κ3) is 1.91. The predicted octanol–water partition coefficient (Wildman–Crippen LogP) is 2.99. The van der Waals surface area contributed by atoms with Crippen LogP contribution < -0.4 is 0 Å². The summed E-state index contributed by atoms with van der Waals surface area (Å²) in [7, 11) is 0. The van der Waals surface area contributed by atoms with Gasteiger partial charge in [-0.1, -0.05) is 6.58 Å². The Kier molecular flexibility index (Phi) is 3.03. The van der Waals surface area contributed by atoms with E-state index in [1.807, 2.05) is 10.7 Å². The molecular formula is C10H13BrN2O. The first kappa shape index (κ1) is 9.93. The van der Waals surface area contributed by atoms with Gasteiger partial charge in [0.15, 0.2) is 6.23 Å². The van der Waals surface area contributed by atoms with Crippen LogP contribution in [0.4, 0.5) is 0 Å². The normalized spacial score (nSPS) is 22.2. The average Bonchev–Trinajstić information content (AvgIpc) is 2.61. The van der Waals surface area contributed by atoms with Crippen LogP contribution in [0.2, 0.25) is 0 Å². The van der Waals surface area contributed by atoms with Crippen LogP contribution in [0, 0.1) is 0 Å². The van der Waals surface area contributed by atoms with E-state index in [1.165, 1.54) is 6.42 Å². The van der Waals surface area contributed by atoms with Gasteiger partial charge in [0.1, 0.15) is 4.60 Å². The van der Waals surface area contributed by atoms with Gasteiger partial charge in [-0.05, 0) is 47.3 Å². The molecule has 14 heavy (non-hydrogen) atoms. The molecule has 1 fully saturated rings. The number of aromatic nitrogens is 2. The van der Waals surface area contributed by atoms with Gasteiger partial charge in [-0.2, -0.15) is 5.10 Å². The summed E-state index contributed by atoms with van der Waals surface area (Å²) in [6, 6.07) is 1.95. The number of nitrogens with zero attached hydrogens (tertiary/aromatic N) is 2. The van der Waals surface area contributed by atoms with E-state index >= 15 is 0 Å². The highest BCUT2D eigenvalue weighted by Gasteiger charge is 2.18. The molecule has 76 valence electrons. The van der Waals surface area contributed by atoms with Gasteiger partial charge in [-0.3, -0.25) is 0 Å². The molecule has 0 bridgehead atoms. The molecule has 1 aliphatic heterocycles. The van der Waals surface area contributed by atoms with Crippen molar-refractivity contribution < 1.29 is 4.74 Å². The highest BCUT2D eigenvalue weighted by atomic mass is 79.9. The minimum Gasteiger partial charge on any atom is -0.356 e. The minimum absolute atomic E-state index is 0.0897. The predicted molar refractivity (Wildman–Crippen MR) is 58.9 cm³/mol. The fraction of sp³-hybridized carbons (Fsp3) is 0.500. The summed E-state index contributed by atoms with van der Waals surface area (Å²) in [5.41, 5.74) is 0.881. The standard InChI is InChI=1S/C10H13BrN2O/c1-2-8-7-9(11)13(12-8)10-5-3-4-6-14-10/h2,7,10H,1,3-6H2. The van der Waals surface area contributed by atoms with Crippen LogP contribution in [-0.2, 0) is 4.74 Å². The second-order valence-electron chi connectivity index (χ2n) is 3.36. The first-order chi connectivity index (χ1) is 6.81. The van der Waals surface area contributed by atoms with E-state index in [2.05, 4.69) is 27.6 Å². The van der Waals surface area contributed by atoms with Crippen LogP contribution >= 0.6 is 15.9 Å². The lowest BCUT2D eigenvalue weighted by molar-refractivity contribution is -0.0409. The van der Waals surface area contributed by atoms with Crippen LogP contribution in [0.25, 0.3) is 6.08 Å². The van der Waals surface area contributed by atoms with Crippen LogP contribution in [0.5, 0.6) is 0 Å². The largest absolute Gasteiger partial charge is 0.356 e. The molecule has 1 saturated heterocycles. The van der Waals surface area contributed by atoms with Crippen LogP contribution in [0.1, 0.15) is 31.2 Å². The van der Waals surface area contributed by atoms with Crippen LogP contribution in [0.3, 0.4) is 0 Å². The fourth-order valence-corrected chi connectivity index (χ4v) is 2.15. The van der Waals surface area contributed by atoms with Gasteiger partial charge in [-0.25, -0.2) is 4.68 Å². The Bertz CT molecular complexity index is 329. The van der Waals surface area contributed by atoms with Gasteiger partial charge in [0.2, 0.25) is 0 Å². The molecule has 0 aromatic carbocycles. The monoisotopic (exact) mass is 256 g/mol. The molecule has 0 N–H and O–H groups in total. The minimum atomic E-state index is 0.0897. The third-order valence-electron chi connectivity index (χ3n) is 2.35. The van der Waals surface area contributed by atoms with Crippen molar-refractivity contribution in [2.75, 3.05) is 6.61 Å². The molecule has 1 aromatic rings. The van der Waals surface area contributed by atoms with E-state index in [4.69, 9.17) is 4.74 Å². The quantitative estimate of drug-likeness (QED) is 0.814. The Balaban J connectivity index is 2.20. The Hall–Kier alpha value is -0.610. The second kappa shape index (κ2) is 4.28. The van der Waals surface area contributed by atoms with Crippen molar-refractivity contribution in [1.82, 2.24) is 9.78 Å². The molecule has 0 saturated carbocycles. The van der Waals surface area contributed by atoms with Crippen LogP contribution in [0.15, 0.2) is 17.2 Å². The molecule has 1 atom stereocenters. The molecule has 4 heteroatoms. The molecule has 3 nitrogen and oxygen atoms in total. The average molecular weight is 257 g/mol. The van der Waals surface area contributed by atoms with Crippen molar-refractivity contribution in [3.8, 4) is 0 Å². The van der Waals surface area contributed by atoms with E-state index < -0.39 is 0 Å². The lowest BCUT2D eigenvalue weighted by atomic mass is 10.2. The number of rotatable bonds is 2. The SMILES string of the molecule is C=Cc1cc(Br)n(C2CCCCO2)n1. The molecule has 0 aliphatic carbocycles. The molecule has 0 radical (unpaired) electrons. The number of ether oxygens (including phenoxy) is 1. The van der Waals surface area contributed by atoms with Gasteiger partial charge in [0.25, 0.3) is 0 Å². The molecular weight excluding hydrogens is 244 g/mol. The van der Waals surface area contributed by atoms with Gasteiger partial charge in [0.05, 0.1) is 5.69 Å². The first-order valence-electron chi connectivity index (χ1n) is 4.80. The zero-order chi connectivity index (χ0) is 9.97. The van der Waals surface area contributed by atoms with Gasteiger partial charge >= 0.3 is 0 Å². The van der Waals surface area contributed by atoms with Crippen molar-refractivity contribution in [2.24, 2.45) is 0 Å². The highest BCUT2D eigenvalue weighted by molar-refractivity contribution is 9.10. The fourth-order valence-electron chi connectivity index (χ4n) is 1.61. The van der Waals surface area contributed by atoms with Crippen molar-refractivity contribution in [2.45, 2.75) is 25.5 Å². The molecule has 1 aromatic heterocycles. The number of halogens is 1. The Labute approximate surface area is 91.9 Å². The highest BCUT2D eigenvalue weighted by Crippen LogP contribution is 2.26. The number of hydrogen-bond acceptors (Lipinski definition) is 2. The zero-order valence-electron chi connectivity index (χ0n) is 7.95. The maximum atomic E-state index is 5.64. The summed E-state index contributed by atoms with van der Waals surface area (Å²) in [6.45, 7) is 4.53. The summed E-state index contributed by atoms with van der Waals surface area (Å²) < 4.78 is 8.48. The molecule has 1 aliphatic rings. The van der Waals surface area contributed by atoms with E-state index in [-0.39, 0.29) is 6.23 Å². The van der Waals surface area contributed by atoms with Gasteiger partial charge in [-0.15, -0.1) is 0 Å². The maximum absolute atomic E-state index is 5.64. The molecule has 0 amide bonds.